The third-order valence-corrected chi connectivity index (χ3v) is 7.82. The Hall–Kier alpha value is -1.57. The van der Waals surface area contributed by atoms with E-state index in [-0.39, 0.29) is 0 Å². The Morgan fingerprint density at radius 2 is 0.762 bits per heavy atom. The summed E-state index contributed by atoms with van der Waals surface area (Å²) in [7, 11) is 0. The number of nitrogens with zero attached hydrogens (tertiary/aromatic N) is 1. The van der Waals surface area contributed by atoms with Gasteiger partial charge in [-0.1, -0.05) is 152 Å². The predicted octanol–water partition coefficient (Wildman–Crippen LogP) is 14.2. The van der Waals surface area contributed by atoms with Gasteiger partial charge >= 0.3 is 0 Å². The lowest BCUT2D eigenvalue weighted by Gasteiger charge is -2.07. The zero-order valence-electron chi connectivity index (χ0n) is 28.8. The molecule has 2 nitrogen and oxygen atoms in total. The highest BCUT2D eigenvalue weighted by molar-refractivity contribution is 5.83. The number of allylic oxidation sites excluding steroid dienone is 8. The normalized spacial score (nSPS) is 12.1. The second-order valence-corrected chi connectivity index (χ2v) is 12.2. The number of oxime groups is 1. The van der Waals surface area contributed by atoms with Gasteiger partial charge in [-0.05, 0) is 96.3 Å². The molecule has 0 aliphatic carbocycles. The molecule has 0 aromatic rings. The Balaban J connectivity index is 3.72. The van der Waals surface area contributed by atoms with E-state index >= 15 is 0 Å². The SMILES string of the molecule is CCCCC/C=C\C/C=C\CCCCCCCCC(CCCCCCCC/C=C\C/C=C\CCCCC)=NOCCC. The first-order valence-corrected chi connectivity index (χ1v) is 18.6. The van der Waals surface area contributed by atoms with Crippen molar-refractivity contribution in [3.63, 3.8) is 0 Å². The topological polar surface area (TPSA) is 21.6 Å². The summed E-state index contributed by atoms with van der Waals surface area (Å²) in [4.78, 5) is 5.57. The van der Waals surface area contributed by atoms with Crippen LogP contribution in [0.3, 0.4) is 0 Å². The van der Waals surface area contributed by atoms with Gasteiger partial charge in [0.2, 0.25) is 0 Å². The van der Waals surface area contributed by atoms with Gasteiger partial charge in [0.1, 0.15) is 6.61 Å². The molecule has 0 aromatic heterocycles. The average Bonchev–Trinajstić information content (AvgIpc) is 3.00. The van der Waals surface area contributed by atoms with E-state index in [1.54, 1.807) is 0 Å². The minimum absolute atomic E-state index is 0.747. The molecular formula is C40H73NO. The fourth-order valence-corrected chi connectivity index (χ4v) is 5.08. The molecule has 0 amide bonds. The number of hydrogen-bond acceptors (Lipinski definition) is 2. The number of unbranched alkanes of at least 4 members (excludes halogenated alkanes) is 18. The van der Waals surface area contributed by atoms with Crippen LogP contribution in [0.5, 0.6) is 0 Å². The highest BCUT2D eigenvalue weighted by Crippen LogP contribution is 2.14. The van der Waals surface area contributed by atoms with Crippen molar-refractivity contribution >= 4 is 5.71 Å². The molecule has 0 radical (unpaired) electrons. The summed E-state index contributed by atoms with van der Waals surface area (Å²) < 4.78 is 0. The Labute approximate surface area is 264 Å². The maximum Gasteiger partial charge on any atom is 0.116 e. The van der Waals surface area contributed by atoms with Gasteiger partial charge in [0.15, 0.2) is 0 Å². The van der Waals surface area contributed by atoms with Gasteiger partial charge in [-0.3, -0.25) is 0 Å². The van der Waals surface area contributed by atoms with Crippen LogP contribution in [0.2, 0.25) is 0 Å². The minimum atomic E-state index is 0.747. The Bertz CT molecular complexity index is 607. The molecule has 0 rings (SSSR count). The largest absolute Gasteiger partial charge is 0.396 e. The molecule has 0 unspecified atom stereocenters. The molecule has 0 bridgehead atoms. The smallest absolute Gasteiger partial charge is 0.116 e. The van der Waals surface area contributed by atoms with Gasteiger partial charge in [-0.25, -0.2) is 0 Å². The molecule has 0 saturated carbocycles. The maximum absolute atomic E-state index is 5.57. The molecule has 42 heavy (non-hydrogen) atoms. The van der Waals surface area contributed by atoms with Crippen molar-refractivity contribution in [2.45, 2.75) is 194 Å². The van der Waals surface area contributed by atoms with Crippen molar-refractivity contribution < 1.29 is 4.84 Å². The zero-order valence-corrected chi connectivity index (χ0v) is 28.8. The monoisotopic (exact) mass is 584 g/mol. The first-order chi connectivity index (χ1) is 20.8. The van der Waals surface area contributed by atoms with Crippen LogP contribution in [0.15, 0.2) is 53.8 Å². The van der Waals surface area contributed by atoms with Crippen molar-refractivity contribution in [1.29, 1.82) is 0 Å². The molecule has 0 heterocycles. The van der Waals surface area contributed by atoms with Crippen molar-refractivity contribution in [3.05, 3.63) is 48.6 Å². The van der Waals surface area contributed by atoms with Crippen molar-refractivity contribution in [1.82, 2.24) is 0 Å². The van der Waals surface area contributed by atoms with Crippen molar-refractivity contribution in [2.75, 3.05) is 6.61 Å². The maximum atomic E-state index is 5.57. The van der Waals surface area contributed by atoms with E-state index in [1.165, 1.54) is 147 Å². The molecule has 0 atom stereocenters. The first-order valence-electron chi connectivity index (χ1n) is 18.6. The zero-order chi connectivity index (χ0) is 30.4. The molecule has 2 heteroatoms. The van der Waals surface area contributed by atoms with Crippen molar-refractivity contribution in [3.8, 4) is 0 Å². The lowest BCUT2D eigenvalue weighted by Crippen LogP contribution is -2.01. The standard InChI is InChI=1S/C40H73NO/c1-4-7-9-11-13-15-17-19-21-23-25-27-29-31-33-35-37-40(41-42-39-6-3)38-36-34-32-30-28-26-24-22-20-18-16-14-12-10-8-5-2/h13-16,19-22H,4-12,17-18,23-39H2,1-3H3/b15-13-,16-14-,21-19-,22-20-. The van der Waals surface area contributed by atoms with Crippen LogP contribution in [0.1, 0.15) is 194 Å². The summed E-state index contributed by atoms with van der Waals surface area (Å²) in [6.45, 7) is 7.43. The summed E-state index contributed by atoms with van der Waals surface area (Å²) in [5.41, 5.74) is 1.30. The Kier molecular flexibility index (Phi) is 36.1. The highest BCUT2D eigenvalue weighted by Gasteiger charge is 2.02. The summed E-state index contributed by atoms with van der Waals surface area (Å²) >= 11 is 0. The second-order valence-electron chi connectivity index (χ2n) is 12.2. The summed E-state index contributed by atoms with van der Waals surface area (Å²) in [5, 5.41) is 4.52. The van der Waals surface area contributed by atoms with E-state index in [1.807, 2.05) is 0 Å². The molecule has 0 saturated heterocycles. The van der Waals surface area contributed by atoms with Gasteiger partial charge in [0, 0.05) is 0 Å². The third kappa shape index (κ3) is 34.6. The van der Waals surface area contributed by atoms with Crippen LogP contribution in [0.25, 0.3) is 0 Å². The summed E-state index contributed by atoms with van der Waals surface area (Å²) in [5.74, 6) is 0. The van der Waals surface area contributed by atoms with E-state index in [2.05, 4.69) is 74.5 Å². The lowest BCUT2D eigenvalue weighted by atomic mass is 10.0. The Morgan fingerprint density at radius 3 is 1.14 bits per heavy atom. The van der Waals surface area contributed by atoms with Gasteiger partial charge in [-0.2, -0.15) is 0 Å². The summed E-state index contributed by atoms with van der Waals surface area (Å²) in [6, 6.07) is 0. The van der Waals surface area contributed by atoms with Crippen LogP contribution >= 0.6 is 0 Å². The number of rotatable bonds is 33. The predicted molar refractivity (Wildman–Crippen MR) is 192 cm³/mol. The molecule has 244 valence electrons. The van der Waals surface area contributed by atoms with E-state index in [4.69, 9.17) is 4.84 Å². The molecule has 0 aliphatic rings. The van der Waals surface area contributed by atoms with Gasteiger partial charge in [-0.15, -0.1) is 0 Å². The van der Waals surface area contributed by atoms with Crippen LogP contribution in [0, 0.1) is 0 Å². The van der Waals surface area contributed by atoms with E-state index < -0.39 is 0 Å². The van der Waals surface area contributed by atoms with E-state index in [0.717, 1.165) is 38.7 Å². The fourth-order valence-electron chi connectivity index (χ4n) is 5.08. The van der Waals surface area contributed by atoms with Crippen LogP contribution < -0.4 is 0 Å². The molecule has 0 N–H and O–H groups in total. The molecule has 0 fully saturated rings. The molecule has 0 spiro atoms. The third-order valence-electron chi connectivity index (χ3n) is 7.82. The fraction of sp³-hybridized carbons (Fsp3) is 0.775. The summed E-state index contributed by atoms with van der Waals surface area (Å²) in [6.07, 6.45) is 53.3. The molecule has 0 aliphatic heterocycles. The molecule has 0 aromatic carbocycles. The highest BCUT2D eigenvalue weighted by atomic mass is 16.6. The van der Waals surface area contributed by atoms with E-state index in [9.17, 15) is 0 Å². The van der Waals surface area contributed by atoms with Gasteiger partial charge < -0.3 is 4.84 Å². The van der Waals surface area contributed by atoms with Crippen LogP contribution in [-0.2, 0) is 4.84 Å². The van der Waals surface area contributed by atoms with Gasteiger partial charge in [0.05, 0.1) is 5.71 Å². The van der Waals surface area contributed by atoms with E-state index in [0.29, 0.717) is 0 Å². The minimum Gasteiger partial charge on any atom is -0.396 e. The average molecular weight is 584 g/mol. The lowest BCUT2D eigenvalue weighted by molar-refractivity contribution is 0.143. The van der Waals surface area contributed by atoms with Gasteiger partial charge in [0.25, 0.3) is 0 Å². The second kappa shape index (κ2) is 37.5. The van der Waals surface area contributed by atoms with Crippen LogP contribution in [0.4, 0.5) is 0 Å². The molecular weight excluding hydrogens is 510 g/mol. The Morgan fingerprint density at radius 1 is 0.405 bits per heavy atom. The van der Waals surface area contributed by atoms with Crippen molar-refractivity contribution in [2.24, 2.45) is 5.16 Å². The van der Waals surface area contributed by atoms with Crippen LogP contribution in [-0.4, -0.2) is 12.3 Å². The number of hydrogen-bond donors (Lipinski definition) is 0. The first kappa shape index (κ1) is 40.4. The quantitative estimate of drug-likeness (QED) is 0.0326.